The molecule has 0 heteroatoms. The van der Waals surface area contributed by atoms with E-state index in [1.54, 1.807) is 6.08 Å². The third-order valence-corrected chi connectivity index (χ3v) is 1.96. The average Bonchev–Trinajstić information content (AvgIpc) is 2.36. The molecule has 0 saturated carbocycles. The van der Waals surface area contributed by atoms with Gasteiger partial charge in [0, 0.05) is 0 Å². The fourth-order valence-corrected chi connectivity index (χ4v) is 1.19. The standard InChI is InChI=1S/C14H20.C2H6/c1-5-9-11-13(7-3)14(8-4)12-10-6-2;1-2/h5-7,9-12H,1,8H2,2-4H3;1-2H3/b10-6-,11-9-,13-7+,14-12+;. The van der Waals surface area contributed by atoms with Crippen molar-refractivity contribution in [1.82, 2.24) is 0 Å². The zero-order valence-electron chi connectivity index (χ0n) is 11.5. The van der Waals surface area contributed by atoms with Gasteiger partial charge in [-0.05, 0) is 31.4 Å². The smallest absolute Gasteiger partial charge is 0.0267 e. The summed E-state index contributed by atoms with van der Waals surface area (Å²) in [6, 6.07) is 0. The summed E-state index contributed by atoms with van der Waals surface area (Å²) in [5, 5.41) is 0. The van der Waals surface area contributed by atoms with Crippen molar-refractivity contribution >= 4 is 0 Å². The summed E-state index contributed by atoms with van der Waals surface area (Å²) in [5.41, 5.74) is 2.62. The normalized spacial score (nSPS) is 12.8. The van der Waals surface area contributed by atoms with Gasteiger partial charge in [0.25, 0.3) is 0 Å². The Morgan fingerprint density at radius 2 is 1.75 bits per heavy atom. The molecule has 0 bridgehead atoms. The minimum absolute atomic E-state index is 1.05. The highest BCUT2D eigenvalue weighted by Gasteiger charge is 1.95. The molecule has 0 unspecified atom stereocenters. The predicted octanol–water partition coefficient (Wildman–Crippen LogP) is 5.61. The second-order valence-corrected chi connectivity index (χ2v) is 2.91. The van der Waals surface area contributed by atoms with Gasteiger partial charge in [-0.2, -0.15) is 0 Å². The lowest BCUT2D eigenvalue weighted by atomic mass is 10.0. The number of rotatable bonds is 5. The maximum Gasteiger partial charge on any atom is -0.0267 e. The van der Waals surface area contributed by atoms with E-state index in [-0.39, 0.29) is 0 Å². The van der Waals surface area contributed by atoms with Crippen molar-refractivity contribution in [2.75, 3.05) is 0 Å². The van der Waals surface area contributed by atoms with E-state index < -0.39 is 0 Å². The Morgan fingerprint density at radius 3 is 2.12 bits per heavy atom. The first kappa shape index (κ1) is 17.1. The first-order valence-electron chi connectivity index (χ1n) is 6.07. The third kappa shape index (κ3) is 8.05. The second kappa shape index (κ2) is 13.7. The largest absolute Gasteiger partial charge is 0.0991 e. The van der Waals surface area contributed by atoms with Gasteiger partial charge in [-0.25, -0.2) is 0 Å². The summed E-state index contributed by atoms with van der Waals surface area (Å²) >= 11 is 0. The molecule has 0 amide bonds. The van der Waals surface area contributed by atoms with Gasteiger partial charge in [0.1, 0.15) is 0 Å². The van der Waals surface area contributed by atoms with Crippen molar-refractivity contribution in [2.24, 2.45) is 0 Å². The van der Waals surface area contributed by atoms with Crippen LogP contribution >= 0.6 is 0 Å². The molecular weight excluding hydrogens is 192 g/mol. The van der Waals surface area contributed by atoms with E-state index in [1.807, 2.05) is 32.9 Å². The Labute approximate surface area is 102 Å². The first-order chi connectivity index (χ1) is 7.79. The van der Waals surface area contributed by atoms with Crippen LogP contribution < -0.4 is 0 Å². The molecule has 0 heterocycles. The van der Waals surface area contributed by atoms with Crippen molar-refractivity contribution in [3.63, 3.8) is 0 Å². The molecule has 0 aromatic carbocycles. The second-order valence-electron chi connectivity index (χ2n) is 2.91. The first-order valence-corrected chi connectivity index (χ1v) is 6.07. The topological polar surface area (TPSA) is 0 Å². The van der Waals surface area contributed by atoms with E-state index in [9.17, 15) is 0 Å². The maximum absolute atomic E-state index is 3.67. The number of hydrogen-bond donors (Lipinski definition) is 0. The van der Waals surface area contributed by atoms with E-state index in [2.05, 4.69) is 44.7 Å². The molecule has 16 heavy (non-hydrogen) atoms. The lowest BCUT2D eigenvalue weighted by Gasteiger charge is -2.03. The molecule has 0 spiro atoms. The summed E-state index contributed by atoms with van der Waals surface area (Å²) in [4.78, 5) is 0. The van der Waals surface area contributed by atoms with E-state index in [1.165, 1.54) is 11.1 Å². The van der Waals surface area contributed by atoms with E-state index >= 15 is 0 Å². The molecular formula is C16H26. The van der Waals surface area contributed by atoms with Crippen LogP contribution in [0.5, 0.6) is 0 Å². The van der Waals surface area contributed by atoms with Crippen molar-refractivity contribution < 1.29 is 0 Å². The monoisotopic (exact) mass is 218 g/mol. The zero-order chi connectivity index (χ0) is 12.8. The molecule has 0 radical (unpaired) electrons. The summed E-state index contributed by atoms with van der Waals surface area (Å²) in [6.07, 6.45) is 15.3. The van der Waals surface area contributed by atoms with Gasteiger partial charge >= 0.3 is 0 Å². The van der Waals surface area contributed by atoms with Crippen LogP contribution in [-0.2, 0) is 0 Å². The van der Waals surface area contributed by atoms with Gasteiger partial charge in [0.05, 0.1) is 0 Å². The minimum Gasteiger partial charge on any atom is -0.0991 e. The van der Waals surface area contributed by atoms with E-state index in [0.29, 0.717) is 0 Å². The van der Waals surface area contributed by atoms with Crippen molar-refractivity contribution in [2.45, 2.75) is 41.0 Å². The van der Waals surface area contributed by atoms with Gasteiger partial charge in [0.2, 0.25) is 0 Å². The molecule has 0 aliphatic carbocycles. The van der Waals surface area contributed by atoms with Crippen LogP contribution in [0.1, 0.15) is 41.0 Å². The van der Waals surface area contributed by atoms with Crippen LogP contribution in [0.3, 0.4) is 0 Å². The van der Waals surface area contributed by atoms with E-state index in [4.69, 9.17) is 0 Å². The summed E-state index contributed by atoms with van der Waals surface area (Å²) in [5.74, 6) is 0. The van der Waals surface area contributed by atoms with Crippen LogP contribution in [0.25, 0.3) is 0 Å². The molecule has 0 aromatic rings. The van der Waals surface area contributed by atoms with Crippen LogP contribution in [0.4, 0.5) is 0 Å². The van der Waals surface area contributed by atoms with Crippen LogP contribution in [0, 0.1) is 0 Å². The fourth-order valence-electron chi connectivity index (χ4n) is 1.19. The molecule has 0 rings (SSSR count). The number of hydrogen-bond acceptors (Lipinski definition) is 0. The summed E-state index contributed by atoms with van der Waals surface area (Å²) in [7, 11) is 0. The quantitative estimate of drug-likeness (QED) is 0.526. The Kier molecular flexibility index (Phi) is 14.6. The Bertz CT molecular complexity index is 272. The predicted molar refractivity (Wildman–Crippen MR) is 77.6 cm³/mol. The lowest BCUT2D eigenvalue weighted by Crippen LogP contribution is -1.84. The molecule has 0 aromatic heterocycles. The molecule has 0 saturated heterocycles. The van der Waals surface area contributed by atoms with Crippen LogP contribution in [0.2, 0.25) is 0 Å². The SMILES string of the molecule is C=C\C=C/C(=C\C)C(=C/C=C\C)/CC.CC. The Morgan fingerprint density at radius 1 is 1.12 bits per heavy atom. The van der Waals surface area contributed by atoms with Gasteiger partial charge in [-0.3, -0.25) is 0 Å². The van der Waals surface area contributed by atoms with Crippen molar-refractivity contribution in [3.8, 4) is 0 Å². The maximum atomic E-state index is 3.67. The zero-order valence-corrected chi connectivity index (χ0v) is 11.5. The molecule has 0 fully saturated rings. The van der Waals surface area contributed by atoms with Crippen molar-refractivity contribution in [1.29, 1.82) is 0 Å². The average molecular weight is 218 g/mol. The van der Waals surface area contributed by atoms with Gasteiger partial charge in [-0.1, -0.05) is 69.9 Å². The van der Waals surface area contributed by atoms with Gasteiger partial charge in [-0.15, -0.1) is 0 Å². The minimum atomic E-state index is 1.05. The highest BCUT2D eigenvalue weighted by atomic mass is 14.0. The molecule has 90 valence electrons. The highest BCUT2D eigenvalue weighted by Crippen LogP contribution is 2.15. The Hall–Kier alpha value is -1.30. The fraction of sp³-hybridized carbons (Fsp3) is 0.375. The Balaban J connectivity index is 0. The third-order valence-electron chi connectivity index (χ3n) is 1.96. The lowest BCUT2D eigenvalue weighted by molar-refractivity contribution is 1.12. The van der Waals surface area contributed by atoms with E-state index in [0.717, 1.165) is 6.42 Å². The molecule has 0 atom stereocenters. The van der Waals surface area contributed by atoms with Crippen LogP contribution in [0.15, 0.2) is 60.3 Å². The molecule has 0 aliphatic heterocycles. The molecule has 0 aliphatic rings. The van der Waals surface area contributed by atoms with Crippen LogP contribution in [-0.4, -0.2) is 0 Å². The number of allylic oxidation sites excluding steroid dienone is 9. The van der Waals surface area contributed by atoms with Gasteiger partial charge in [0.15, 0.2) is 0 Å². The van der Waals surface area contributed by atoms with Crippen molar-refractivity contribution in [3.05, 3.63) is 60.3 Å². The van der Waals surface area contributed by atoms with Gasteiger partial charge < -0.3 is 0 Å². The highest BCUT2D eigenvalue weighted by molar-refractivity contribution is 5.41. The molecule has 0 N–H and O–H groups in total. The summed E-state index contributed by atoms with van der Waals surface area (Å²) < 4.78 is 0. The summed E-state index contributed by atoms with van der Waals surface area (Å²) in [6.45, 7) is 13.9. The molecule has 0 nitrogen and oxygen atoms in total.